The minimum absolute atomic E-state index is 0.0828. The van der Waals surface area contributed by atoms with Crippen LogP contribution in [-0.4, -0.2) is 24.0 Å². The second-order valence-electron chi connectivity index (χ2n) is 3.07. The van der Waals surface area contributed by atoms with Gasteiger partial charge in [-0.2, -0.15) is 0 Å². The normalized spacial score (nSPS) is 32.1. The van der Waals surface area contributed by atoms with E-state index < -0.39 is 0 Å². The molecule has 1 aliphatic rings. The van der Waals surface area contributed by atoms with Crippen LogP contribution in [0.25, 0.3) is 0 Å². The van der Waals surface area contributed by atoms with Crippen LogP contribution in [0.1, 0.15) is 27.2 Å². The molecule has 0 spiro atoms. The molecule has 0 N–H and O–H groups in total. The van der Waals surface area contributed by atoms with E-state index in [9.17, 15) is 0 Å². The predicted molar refractivity (Wildman–Crippen MR) is 45.2 cm³/mol. The van der Waals surface area contributed by atoms with Gasteiger partial charge in [-0.25, -0.2) is 0 Å². The summed E-state index contributed by atoms with van der Waals surface area (Å²) in [6, 6.07) is 0. The summed E-state index contributed by atoms with van der Waals surface area (Å²) < 4.78 is 0. The molecule has 0 aromatic heterocycles. The molecule has 1 rings (SSSR count). The molecule has 56 valence electrons. The molecule has 0 unspecified atom stereocenters. The first kappa shape index (κ1) is 7.45. The van der Waals surface area contributed by atoms with Crippen molar-refractivity contribution >= 4 is 11.9 Å². The largest absolute Gasteiger partial charge is 0.286 e. The van der Waals surface area contributed by atoms with E-state index in [0.29, 0.717) is 0 Å². The molecule has 2 nitrogen and oxygen atoms in total. The van der Waals surface area contributed by atoms with Gasteiger partial charge in [0.25, 0.3) is 0 Å². The summed E-state index contributed by atoms with van der Waals surface area (Å²) in [6.45, 7) is 7.12. The van der Waals surface area contributed by atoms with Crippen LogP contribution in [0.5, 0.6) is 0 Å². The van der Waals surface area contributed by atoms with E-state index in [-0.39, 0.29) is 5.54 Å². The SMILES string of the molecule is CC[C@@]1(C)CN=C(C)C=N1. The van der Waals surface area contributed by atoms with Gasteiger partial charge < -0.3 is 0 Å². The van der Waals surface area contributed by atoms with Gasteiger partial charge in [-0.15, -0.1) is 0 Å². The van der Waals surface area contributed by atoms with Crippen LogP contribution in [-0.2, 0) is 0 Å². The van der Waals surface area contributed by atoms with Crippen molar-refractivity contribution in [1.82, 2.24) is 0 Å². The Hall–Kier alpha value is -0.660. The third-order valence-electron chi connectivity index (χ3n) is 1.99. The van der Waals surface area contributed by atoms with Crippen molar-refractivity contribution in [3.05, 3.63) is 0 Å². The Balaban J connectivity index is 2.67. The van der Waals surface area contributed by atoms with E-state index >= 15 is 0 Å². The molecule has 0 aliphatic carbocycles. The Morgan fingerprint density at radius 1 is 1.70 bits per heavy atom. The van der Waals surface area contributed by atoms with Crippen LogP contribution in [0.2, 0.25) is 0 Å². The van der Waals surface area contributed by atoms with Crippen molar-refractivity contribution in [3.63, 3.8) is 0 Å². The van der Waals surface area contributed by atoms with Crippen LogP contribution in [0.4, 0.5) is 0 Å². The first-order valence-corrected chi connectivity index (χ1v) is 3.72. The summed E-state index contributed by atoms with van der Waals surface area (Å²) in [6.07, 6.45) is 2.94. The van der Waals surface area contributed by atoms with Crippen LogP contribution in [0.3, 0.4) is 0 Å². The molecule has 0 aromatic carbocycles. The average Bonchev–Trinajstić information content (AvgIpc) is 1.96. The first-order chi connectivity index (χ1) is 4.66. The van der Waals surface area contributed by atoms with Gasteiger partial charge >= 0.3 is 0 Å². The summed E-state index contributed by atoms with van der Waals surface area (Å²) in [7, 11) is 0. The summed E-state index contributed by atoms with van der Waals surface area (Å²) in [5.74, 6) is 0. The minimum Gasteiger partial charge on any atom is -0.286 e. The third kappa shape index (κ3) is 1.43. The monoisotopic (exact) mass is 138 g/mol. The van der Waals surface area contributed by atoms with E-state index in [1.807, 2.05) is 13.1 Å². The molecule has 0 aromatic rings. The lowest BCUT2D eigenvalue weighted by Gasteiger charge is -2.23. The van der Waals surface area contributed by atoms with Crippen LogP contribution in [0, 0.1) is 0 Å². The Kier molecular flexibility index (Phi) is 1.88. The minimum atomic E-state index is 0.0828. The van der Waals surface area contributed by atoms with E-state index in [1.165, 1.54) is 0 Å². The second-order valence-corrected chi connectivity index (χ2v) is 3.07. The summed E-state index contributed by atoms with van der Waals surface area (Å²) in [5.41, 5.74) is 1.13. The number of aliphatic imine (C=N–C) groups is 2. The van der Waals surface area contributed by atoms with Crippen molar-refractivity contribution in [2.24, 2.45) is 9.98 Å². The van der Waals surface area contributed by atoms with Gasteiger partial charge in [-0.05, 0) is 20.3 Å². The first-order valence-electron chi connectivity index (χ1n) is 3.72. The van der Waals surface area contributed by atoms with Gasteiger partial charge in [-0.3, -0.25) is 9.98 Å². The maximum absolute atomic E-state index is 4.41. The Bertz CT molecular complexity index is 182. The lowest BCUT2D eigenvalue weighted by molar-refractivity contribution is 0.468. The van der Waals surface area contributed by atoms with Crippen LogP contribution >= 0.6 is 0 Å². The van der Waals surface area contributed by atoms with Crippen LogP contribution in [0.15, 0.2) is 9.98 Å². The quantitative estimate of drug-likeness (QED) is 0.527. The average molecular weight is 138 g/mol. The lowest BCUT2D eigenvalue weighted by Crippen LogP contribution is -2.29. The summed E-state index contributed by atoms with van der Waals surface area (Å²) >= 11 is 0. The van der Waals surface area contributed by atoms with Crippen molar-refractivity contribution < 1.29 is 0 Å². The van der Waals surface area contributed by atoms with Gasteiger partial charge in [0.1, 0.15) is 0 Å². The highest BCUT2D eigenvalue weighted by Crippen LogP contribution is 2.17. The third-order valence-corrected chi connectivity index (χ3v) is 1.99. The smallest absolute Gasteiger partial charge is 0.0772 e. The fourth-order valence-electron chi connectivity index (χ4n) is 0.829. The van der Waals surface area contributed by atoms with Crippen molar-refractivity contribution in [1.29, 1.82) is 0 Å². The van der Waals surface area contributed by atoms with Gasteiger partial charge in [0.05, 0.1) is 12.1 Å². The molecular weight excluding hydrogens is 124 g/mol. The second kappa shape index (κ2) is 2.52. The van der Waals surface area contributed by atoms with Gasteiger partial charge in [-0.1, -0.05) is 6.92 Å². The van der Waals surface area contributed by atoms with Crippen LogP contribution < -0.4 is 0 Å². The molecular formula is C8H14N2. The van der Waals surface area contributed by atoms with Gasteiger partial charge in [0.15, 0.2) is 0 Å². The molecule has 1 heterocycles. The highest BCUT2D eigenvalue weighted by atomic mass is 15.0. The van der Waals surface area contributed by atoms with Crippen molar-refractivity contribution in [3.8, 4) is 0 Å². The lowest BCUT2D eigenvalue weighted by atomic mass is 9.99. The van der Waals surface area contributed by atoms with E-state index in [1.54, 1.807) is 0 Å². The zero-order valence-electron chi connectivity index (χ0n) is 6.89. The molecule has 1 atom stereocenters. The molecule has 0 radical (unpaired) electrons. The molecule has 0 saturated carbocycles. The highest BCUT2D eigenvalue weighted by Gasteiger charge is 2.21. The van der Waals surface area contributed by atoms with Crippen molar-refractivity contribution in [2.45, 2.75) is 32.7 Å². The van der Waals surface area contributed by atoms with Crippen molar-refractivity contribution in [2.75, 3.05) is 6.54 Å². The zero-order chi connectivity index (χ0) is 7.61. The number of rotatable bonds is 1. The predicted octanol–water partition coefficient (Wildman–Crippen LogP) is 1.70. The fourth-order valence-corrected chi connectivity index (χ4v) is 0.829. The molecule has 2 heteroatoms. The molecule has 0 bridgehead atoms. The van der Waals surface area contributed by atoms with Gasteiger partial charge in [0.2, 0.25) is 0 Å². The summed E-state index contributed by atoms with van der Waals surface area (Å²) in [5, 5.41) is 0. The topological polar surface area (TPSA) is 24.7 Å². The maximum atomic E-state index is 4.41. The number of hydrogen-bond donors (Lipinski definition) is 0. The Labute approximate surface area is 62.1 Å². The van der Waals surface area contributed by atoms with Gasteiger partial charge in [0, 0.05) is 11.9 Å². The summed E-state index contributed by atoms with van der Waals surface area (Å²) in [4.78, 5) is 8.73. The molecule has 1 aliphatic heterocycles. The maximum Gasteiger partial charge on any atom is 0.0772 e. The van der Waals surface area contributed by atoms with E-state index in [2.05, 4.69) is 23.8 Å². The number of nitrogens with zero attached hydrogens (tertiary/aromatic N) is 2. The number of hydrogen-bond acceptors (Lipinski definition) is 2. The standard InChI is InChI=1S/C8H14N2/c1-4-8(3)6-9-7(2)5-10-8/h5H,4,6H2,1-3H3/t8-/m0/s1. The Morgan fingerprint density at radius 3 is 2.80 bits per heavy atom. The van der Waals surface area contributed by atoms with E-state index in [0.717, 1.165) is 18.7 Å². The van der Waals surface area contributed by atoms with E-state index in [4.69, 9.17) is 0 Å². The molecule has 0 saturated heterocycles. The molecule has 0 amide bonds. The Morgan fingerprint density at radius 2 is 2.40 bits per heavy atom. The highest BCUT2D eigenvalue weighted by molar-refractivity contribution is 6.29. The molecule has 0 fully saturated rings. The fraction of sp³-hybridized carbons (Fsp3) is 0.750. The molecule has 10 heavy (non-hydrogen) atoms. The zero-order valence-corrected chi connectivity index (χ0v) is 6.89.